The zero-order valence-corrected chi connectivity index (χ0v) is 11.5. The van der Waals surface area contributed by atoms with Gasteiger partial charge < -0.3 is 10.0 Å². The zero-order chi connectivity index (χ0) is 12.4. The molecule has 0 radical (unpaired) electrons. The lowest BCUT2D eigenvalue weighted by Crippen LogP contribution is -2.36. The first-order valence-corrected chi connectivity index (χ1v) is 6.81. The molecular formula is C12H13BrClNO2. The van der Waals surface area contributed by atoms with Crippen molar-refractivity contribution in [3.8, 4) is 5.75 Å². The van der Waals surface area contributed by atoms with Crippen LogP contribution in [0.1, 0.15) is 23.2 Å². The number of amides is 1. The number of hydrogen-bond donors (Lipinski definition) is 1. The van der Waals surface area contributed by atoms with Crippen molar-refractivity contribution in [2.75, 3.05) is 12.4 Å². The van der Waals surface area contributed by atoms with Crippen molar-refractivity contribution in [2.45, 2.75) is 18.9 Å². The molecule has 0 saturated carbocycles. The molecule has 5 heteroatoms. The molecule has 1 aromatic carbocycles. The highest BCUT2D eigenvalue weighted by Crippen LogP contribution is 2.27. The second-order valence-corrected chi connectivity index (χ2v) is 5.28. The summed E-state index contributed by atoms with van der Waals surface area (Å²) >= 11 is 9.03. The first-order chi connectivity index (χ1) is 8.13. The van der Waals surface area contributed by atoms with Gasteiger partial charge in [-0.2, -0.15) is 0 Å². The van der Waals surface area contributed by atoms with Gasteiger partial charge in [0.15, 0.2) is 0 Å². The predicted molar refractivity (Wildman–Crippen MR) is 70.6 cm³/mol. The highest BCUT2D eigenvalue weighted by molar-refractivity contribution is 9.10. The van der Waals surface area contributed by atoms with Gasteiger partial charge in [-0.3, -0.25) is 4.79 Å². The largest absolute Gasteiger partial charge is 0.507 e. The summed E-state index contributed by atoms with van der Waals surface area (Å²) in [7, 11) is 0. The van der Waals surface area contributed by atoms with Crippen LogP contribution in [0.25, 0.3) is 0 Å². The quantitative estimate of drug-likeness (QED) is 0.852. The van der Waals surface area contributed by atoms with Crippen LogP contribution < -0.4 is 0 Å². The molecule has 2 rings (SSSR count). The van der Waals surface area contributed by atoms with Crippen molar-refractivity contribution in [3.05, 3.63) is 28.2 Å². The molecular weight excluding hydrogens is 305 g/mol. The van der Waals surface area contributed by atoms with Crippen molar-refractivity contribution in [1.82, 2.24) is 4.90 Å². The summed E-state index contributed by atoms with van der Waals surface area (Å²) in [5, 5.41) is 9.57. The molecule has 0 bridgehead atoms. The van der Waals surface area contributed by atoms with Gasteiger partial charge in [0.2, 0.25) is 0 Å². The molecule has 1 fully saturated rings. The van der Waals surface area contributed by atoms with Crippen molar-refractivity contribution in [1.29, 1.82) is 0 Å². The molecule has 17 heavy (non-hydrogen) atoms. The molecule has 1 saturated heterocycles. The summed E-state index contributed by atoms with van der Waals surface area (Å²) in [6.07, 6.45) is 1.95. The van der Waals surface area contributed by atoms with E-state index in [1.54, 1.807) is 17.0 Å². The molecule has 0 aromatic heterocycles. The number of phenols is 1. The number of rotatable bonds is 2. The van der Waals surface area contributed by atoms with E-state index in [2.05, 4.69) is 15.9 Å². The summed E-state index contributed by atoms with van der Waals surface area (Å²) in [5.74, 6) is 0.488. The zero-order valence-electron chi connectivity index (χ0n) is 9.20. The molecule has 1 heterocycles. The average molecular weight is 319 g/mol. The molecule has 92 valence electrons. The lowest BCUT2D eigenvalue weighted by molar-refractivity contribution is 0.0748. The van der Waals surface area contributed by atoms with E-state index >= 15 is 0 Å². The van der Waals surface area contributed by atoms with Gasteiger partial charge in [0.25, 0.3) is 5.91 Å². The number of carbonyl (C=O) groups excluding carboxylic acids is 1. The normalized spacial score (nSPS) is 19.6. The van der Waals surface area contributed by atoms with Crippen molar-refractivity contribution in [3.63, 3.8) is 0 Å². The molecule has 1 amide bonds. The molecule has 1 aliphatic heterocycles. The van der Waals surface area contributed by atoms with Crippen LogP contribution in [0.4, 0.5) is 0 Å². The van der Waals surface area contributed by atoms with E-state index in [4.69, 9.17) is 11.6 Å². The second kappa shape index (κ2) is 5.27. The monoisotopic (exact) mass is 317 g/mol. The third-order valence-corrected chi connectivity index (χ3v) is 4.04. The van der Waals surface area contributed by atoms with Gasteiger partial charge in [0.1, 0.15) is 5.75 Å². The van der Waals surface area contributed by atoms with Gasteiger partial charge in [-0.15, -0.1) is 11.6 Å². The Morgan fingerprint density at radius 2 is 2.35 bits per heavy atom. The summed E-state index contributed by atoms with van der Waals surface area (Å²) in [6, 6.07) is 4.98. The molecule has 0 aliphatic carbocycles. The first kappa shape index (κ1) is 12.7. The number of carbonyl (C=O) groups is 1. The number of nitrogens with zero attached hydrogens (tertiary/aromatic N) is 1. The minimum absolute atomic E-state index is 0.0593. The summed E-state index contributed by atoms with van der Waals surface area (Å²) in [5.41, 5.74) is 0.503. The van der Waals surface area contributed by atoms with E-state index in [1.165, 1.54) is 6.07 Å². The fourth-order valence-electron chi connectivity index (χ4n) is 2.08. The smallest absolute Gasteiger partial charge is 0.254 e. The average Bonchev–Trinajstić information content (AvgIpc) is 2.80. The van der Waals surface area contributed by atoms with Crippen molar-refractivity contribution in [2.24, 2.45) is 0 Å². The number of hydrogen-bond acceptors (Lipinski definition) is 2. The molecule has 0 spiro atoms. The third kappa shape index (κ3) is 2.58. The Morgan fingerprint density at radius 1 is 1.59 bits per heavy atom. The lowest BCUT2D eigenvalue weighted by atomic mass is 10.1. The van der Waals surface area contributed by atoms with E-state index < -0.39 is 0 Å². The van der Waals surface area contributed by atoms with Crippen molar-refractivity contribution >= 4 is 33.4 Å². The fraction of sp³-hybridized carbons (Fsp3) is 0.417. The van der Waals surface area contributed by atoms with E-state index in [-0.39, 0.29) is 17.7 Å². The molecule has 1 aliphatic rings. The maximum Gasteiger partial charge on any atom is 0.254 e. The summed E-state index contributed by atoms with van der Waals surface area (Å²) in [4.78, 5) is 14.0. The number of aromatic hydroxyl groups is 1. The SMILES string of the molecule is O=C(c1ccc(Br)c(O)c1)N1CCCC1CCl. The Balaban J connectivity index is 2.21. The topological polar surface area (TPSA) is 40.5 Å². The highest BCUT2D eigenvalue weighted by Gasteiger charge is 2.28. The molecule has 1 unspecified atom stereocenters. The van der Waals surface area contributed by atoms with Gasteiger partial charge in [0, 0.05) is 24.0 Å². The van der Waals surface area contributed by atoms with Gasteiger partial charge in [-0.05, 0) is 47.0 Å². The Labute approximate surface area is 114 Å². The van der Waals surface area contributed by atoms with Crippen LogP contribution in [-0.2, 0) is 0 Å². The molecule has 1 N–H and O–H groups in total. The van der Waals surface area contributed by atoms with Gasteiger partial charge in [0.05, 0.1) is 4.47 Å². The van der Waals surface area contributed by atoms with Crippen LogP contribution in [-0.4, -0.2) is 34.4 Å². The van der Waals surface area contributed by atoms with Gasteiger partial charge in [-0.1, -0.05) is 0 Å². The van der Waals surface area contributed by atoms with Gasteiger partial charge in [-0.25, -0.2) is 0 Å². The second-order valence-electron chi connectivity index (χ2n) is 4.12. The molecule has 1 atom stereocenters. The standard InChI is InChI=1S/C12H13BrClNO2/c13-10-4-3-8(6-11(10)16)12(17)15-5-1-2-9(15)7-14/h3-4,6,9,16H,1-2,5,7H2. The van der Waals surface area contributed by atoms with Crippen LogP contribution in [0.3, 0.4) is 0 Å². The summed E-state index contributed by atoms with van der Waals surface area (Å²) in [6.45, 7) is 0.743. The van der Waals surface area contributed by atoms with Gasteiger partial charge >= 0.3 is 0 Å². The van der Waals surface area contributed by atoms with Crippen LogP contribution in [0.15, 0.2) is 22.7 Å². The third-order valence-electron chi connectivity index (χ3n) is 3.01. The number of phenolic OH excluding ortho intramolecular Hbond substituents is 1. The number of alkyl halides is 1. The number of halogens is 2. The highest BCUT2D eigenvalue weighted by atomic mass is 79.9. The molecule has 1 aromatic rings. The minimum Gasteiger partial charge on any atom is -0.507 e. The Morgan fingerprint density at radius 3 is 3.00 bits per heavy atom. The van der Waals surface area contributed by atoms with E-state index in [0.29, 0.717) is 15.9 Å². The fourth-order valence-corrected chi connectivity index (χ4v) is 2.64. The number of benzene rings is 1. The summed E-state index contributed by atoms with van der Waals surface area (Å²) < 4.78 is 0.587. The first-order valence-electron chi connectivity index (χ1n) is 5.49. The number of likely N-dealkylation sites (tertiary alicyclic amines) is 1. The van der Waals surface area contributed by atoms with E-state index in [1.807, 2.05) is 0 Å². The van der Waals surface area contributed by atoms with E-state index in [9.17, 15) is 9.90 Å². The van der Waals surface area contributed by atoms with Crippen LogP contribution in [0.2, 0.25) is 0 Å². The Bertz CT molecular complexity index is 439. The maximum absolute atomic E-state index is 12.2. The van der Waals surface area contributed by atoms with E-state index in [0.717, 1.165) is 19.4 Å². The van der Waals surface area contributed by atoms with Crippen LogP contribution >= 0.6 is 27.5 Å². The Hall–Kier alpha value is -0.740. The van der Waals surface area contributed by atoms with Crippen molar-refractivity contribution < 1.29 is 9.90 Å². The lowest BCUT2D eigenvalue weighted by Gasteiger charge is -2.23. The Kier molecular flexibility index (Phi) is 3.94. The minimum atomic E-state index is -0.0593. The maximum atomic E-state index is 12.2. The van der Waals surface area contributed by atoms with Crippen LogP contribution in [0.5, 0.6) is 5.75 Å². The predicted octanol–water partition coefficient (Wildman–Crippen LogP) is 3.00. The van der Waals surface area contributed by atoms with Crippen LogP contribution in [0, 0.1) is 0 Å². The molecule has 3 nitrogen and oxygen atoms in total.